The maximum Gasteiger partial charge on any atom is 0.188 e. The molecule has 0 unspecified atom stereocenters. The normalized spacial score (nSPS) is 16.4. The first-order valence-electron chi connectivity index (χ1n) is 8.80. The number of thiazole rings is 1. The molecule has 130 valence electrons. The van der Waals surface area contributed by atoms with E-state index in [-0.39, 0.29) is 0 Å². The predicted octanol–water partition coefficient (Wildman–Crippen LogP) is 5.93. The predicted molar refractivity (Wildman–Crippen MR) is 108 cm³/mol. The summed E-state index contributed by atoms with van der Waals surface area (Å²) in [5.41, 5.74) is 3.42. The highest BCUT2D eigenvalue weighted by Gasteiger charge is 2.15. The Morgan fingerprint density at radius 2 is 1.92 bits per heavy atom. The van der Waals surface area contributed by atoms with Crippen LogP contribution in [0, 0.1) is 5.92 Å². The first-order chi connectivity index (χ1) is 12.2. The molecule has 3 nitrogen and oxygen atoms in total. The van der Waals surface area contributed by atoms with E-state index in [2.05, 4.69) is 46.4 Å². The molecule has 1 fully saturated rings. The quantitative estimate of drug-likeness (QED) is 0.616. The second-order valence-electron chi connectivity index (χ2n) is 6.91. The van der Waals surface area contributed by atoms with Gasteiger partial charge in [0.15, 0.2) is 5.13 Å². The van der Waals surface area contributed by atoms with E-state index in [0.29, 0.717) is 0 Å². The van der Waals surface area contributed by atoms with Crippen molar-refractivity contribution in [1.82, 2.24) is 9.88 Å². The minimum absolute atomic E-state index is 0.749. The molecule has 1 aromatic heterocycles. The summed E-state index contributed by atoms with van der Waals surface area (Å²) in [5.74, 6) is 0.881. The molecule has 1 N–H and O–H groups in total. The van der Waals surface area contributed by atoms with Crippen LogP contribution < -0.4 is 5.32 Å². The average molecular weight is 372 g/mol. The van der Waals surface area contributed by atoms with Crippen molar-refractivity contribution < 1.29 is 0 Å². The first-order valence-corrected chi connectivity index (χ1v) is 9.99. The fourth-order valence-electron chi connectivity index (χ4n) is 3.25. The standard InChI is InChI=1S/C20H22ClN3S/c1-14-8-10-24(11-9-14)13-15-2-5-17(6-3-15)22-20-23-18-7-4-16(21)12-19(18)25-20/h2-7,12,14H,8-11,13H2,1H3,(H,22,23). The molecule has 3 aromatic rings. The van der Waals surface area contributed by atoms with Gasteiger partial charge in [-0.3, -0.25) is 4.90 Å². The van der Waals surface area contributed by atoms with E-state index in [1.54, 1.807) is 11.3 Å². The van der Waals surface area contributed by atoms with E-state index in [0.717, 1.165) is 38.5 Å². The van der Waals surface area contributed by atoms with Crippen molar-refractivity contribution in [1.29, 1.82) is 0 Å². The number of nitrogens with one attached hydrogen (secondary N) is 1. The maximum absolute atomic E-state index is 6.05. The number of piperidine rings is 1. The molecule has 0 amide bonds. The van der Waals surface area contributed by atoms with Gasteiger partial charge in [-0.15, -0.1) is 0 Å². The van der Waals surface area contributed by atoms with Gasteiger partial charge in [-0.05, 0) is 67.7 Å². The number of anilines is 2. The number of fused-ring (bicyclic) bond motifs is 1. The Hall–Kier alpha value is -1.62. The van der Waals surface area contributed by atoms with Crippen molar-refractivity contribution in [2.75, 3.05) is 18.4 Å². The van der Waals surface area contributed by atoms with Crippen LogP contribution in [-0.2, 0) is 6.54 Å². The molecule has 0 saturated carbocycles. The molecule has 0 spiro atoms. The topological polar surface area (TPSA) is 28.2 Å². The summed E-state index contributed by atoms with van der Waals surface area (Å²) in [6.45, 7) is 5.84. The molecule has 0 aliphatic carbocycles. The molecule has 1 aliphatic heterocycles. The Kier molecular flexibility index (Phi) is 4.93. The third kappa shape index (κ3) is 4.14. The molecular formula is C20H22ClN3S. The second-order valence-corrected chi connectivity index (χ2v) is 8.38. The SMILES string of the molecule is CC1CCN(Cc2ccc(Nc3nc4ccc(Cl)cc4s3)cc2)CC1. The Balaban J connectivity index is 1.41. The minimum atomic E-state index is 0.749. The number of aromatic nitrogens is 1. The Bertz CT molecular complexity index is 851. The molecule has 5 heteroatoms. The van der Waals surface area contributed by atoms with Crippen LogP contribution in [0.15, 0.2) is 42.5 Å². The molecule has 0 bridgehead atoms. The molecule has 2 aromatic carbocycles. The van der Waals surface area contributed by atoms with E-state index < -0.39 is 0 Å². The van der Waals surface area contributed by atoms with Crippen LogP contribution in [0.25, 0.3) is 10.2 Å². The number of rotatable bonds is 4. The summed E-state index contributed by atoms with van der Waals surface area (Å²) >= 11 is 7.67. The zero-order chi connectivity index (χ0) is 17.2. The van der Waals surface area contributed by atoms with Crippen LogP contribution in [0.5, 0.6) is 0 Å². The Morgan fingerprint density at radius 3 is 2.68 bits per heavy atom. The zero-order valence-electron chi connectivity index (χ0n) is 14.3. The minimum Gasteiger partial charge on any atom is -0.332 e. The summed E-state index contributed by atoms with van der Waals surface area (Å²) in [6.07, 6.45) is 2.64. The summed E-state index contributed by atoms with van der Waals surface area (Å²) in [5, 5.41) is 5.05. The summed E-state index contributed by atoms with van der Waals surface area (Å²) in [6, 6.07) is 14.5. The van der Waals surface area contributed by atoms with Gasteiger partial charge < -0.3 is 5.32 Å². The number of hydrogen-bond acceptors (Lipinski definition) is 4. The van der Waals surface area contributed by atoms with Crippen LogP contribution in [-0.4, -0.2) is 23.0 Å². The van der Waals surface area contributed by atoms with E-state index in [4.69, 9.17) is 11.6 Å². The van der Waals surface area contributed by atoms with Gasteiger partial charge in [-0.1, -0.05) is 42.0 Å². The van der Waals surface area contributed by atoms with Crippen molar-refractivity contribution in [2.24, 2.45) is 5.92 Å². The van der Waals surface area contributed by atoms with Crippen molar-refractivity contribution >= 4 is 44.0 Å². The van der Waals surface area contributed by atoms with Crippen LogP contribution in [0.2, 0.25) is 5.02 Å². The lowest BCUT2D eigenvalue weighted by molar-refractivity contribution is 0.185. The van der Waals surface area contributed by atoms with Gasteiger partial charge >= 0.3 is 0 Å². The summed E-state index contributed by atoms with van der Waals surface area (Å²) in [7, 11) is 0. The Labute approximate surface area is 157 Å². The number of likely N-dealkylation sites (tertiary alicyclic amines) is 1. The fourth-order valence-corrected chi connectivity index (χ4v) is 4.41. The van der Waals surface area contributed by atoms with Crippen molar-refractivity contribution in [3.63, 3.8) is 0 Å². The highest BCUT2D eigenvalue weighted by Crippen LogP contribution is 2.30. The van der Waals surface area contributed by atoms with E-state index >= 15 is 0 Å². The molecular weight excluding hydrogens is 350 g/mol. The maximum atomic E-state index is 6.05. The first kappa shape index (κ1) is 16.8. The van der Waals surface area contributed by atoms with Gasteiger partial charge in [-0.25, -0.2) is 4.98 Å². The average Bonchev–Trinajstić information content (AvgIpc) is 3.00. The molecule has 1 saturated heterocycles. The lowest BCUT2D eigenvalue weighted by Crippen LogP contribution is -2.32. The van der Waals surface area contributed by atoms with E-state index in [1.165, 1.54) is 31.5 Å². The van der Waals surface area contributed by atoms with Crippen molar-refractivity contribution in [3.05, 3.63) is 53.1 Å². The van der Waals surface area contributed by atoms with Crippen molar-refractivity contribution in [2.45, 2.75) is 26.3 Å². The summed E-state index contributed by atoms with van der Waals surface area (Å²) < 4.78 is 1.10. The highest BCUT2D eigenvalue weighted by molar-refractivity contribution is 7.22. The van der Waals surface area contributed by atoms with Gasteiger partial charge in [0.25, 0.3) is 0 Å². The monoisotopic (exact) mass is 371 g/mol. The molecule has 0 radical (unpaired) electrons. The third-order valence-corrected chi connectivity index (χ3v) is 6.01. The molecule has 2 heterocycles. The lowest BCUT2D eigenvalue weighted by Gasteiger charge is -2.30. The number of nitrogens with zero attached hydrogens (tertiary/aromatic N) is 2. The fraction of sp³-hybridized carbons (Fsp3) is 0.350. The zero-order valence-corrected chi connectivity index (χ0v) is 15.9. The van der Waals surface area contributed by atoms with Gasteiger partial charge in [0.2, 0.25) is 0 Å². The number of hydrogen-bond donors (Lipinski definition) is 1. The van der Waals surface area contributed by atoms with Gasteiger partial charge in [-0.2, -0.15) is 0 Å². The lowest BCUT2D eigenvalue weighted by atomic mass is 9.99. The molecule has 4 rings (SSSR count). The van der Waals surface area contributed by atoms with Gasteiger partial charge in [0.1, 0.15) is 0 Å². The third-order valence-electron chi connectivity index (χ3n) is 4.84. The molecule has 0 atom stereocenters. The van der Waals surface area contributed by atoms with Gasteiger partial charge in [0.05, 0.1) is 10.2 Å². The van der Waals surface area contributed by atoms with E-state index in [9.17, 15) is 0 Å². The van der Waals surface area contributed by atoms with Crippen LogP contribution >= 0.6 is 22.9 Å². The summed E-state index contributed by atoms with van der Waals surface area (Å²) in [4.78, 5) is 7.17. The Morgan fingerprint density at radius 1 is 1.16 bits per heavy atom. The van der Waals surface area contributed by atoms with E-state index in [1.807, 2.05) is 18.2 Å². The van der Waals surface area contributed by atoms with Gasteiger partial charge in [0, 0.05) is 17.3 Å². The number of halogens is 1. The largest absolute Gasteiger partial charge is 0.332 e. The second kappa shape index (κ2) is 7.32. The molecule has 1 aliphatic rings. The van der Waals surface area contributed by atoms with Crippen LogP contribution in [0.1, 0.15) is 25.3 Å². The molecule has 25 heavy (non-hydrogen) atoms. The van der Waals surface area contributed by atoms with Crippen LogP contribution in [0.4, 0.5) is 10.8 Å². The highest BCUT2D eigenvalue weighted by atomic mass is 35.5. The smallest absolute Gasteiger partial charge is 0.188 e. The van der Waals surface area contributed by atoms with Crippen molar-refractivity contribution in [3.8, 4) is 0 Å². The van der Waals surface area contributed by atoms with Crippen LogP contribution in [0.3, 0.4) is 0 Å². The number of benzene rings is 2.